The molecule has 1 aromatic carbocycles. The maximum Gasteiger partial charge on any atom is 0.262 e. The van der Waals surface area contributed by atoms with E-state index in [1.165, 1.54) is 33.5 Å². The highest BCUT2D eigenvalue weighted by molar-refractivity contribution is 7.18. The number of benzene rings is 1. The molecule has 0 saturated carbocycles. The van der Waals surface area contributed by atoms with E-state index >= 15 is 0 Å². The van der Waals surface area contributed by atoms with E-state index in [2.05, 4.69) is 28.9 Å². The standard InChI is InChI=1S/C21H24N4O2S/c1-14-6-4-5-7-17(14)23-8-10-24(11-9-23)18(26)12-25-13-22-20-19(21(25)27)15(2)16(3)28-20/h4-7,13H,8-12H2,1-3H3. The molecule has 0 bridgehead atoms. The first-order chi connectivity index (χ1) is 13.5. The third-order valence-electron chi connectivity index (χ3n) is 5.55. The van der Waals surface area contributed by atoms with Crippen LogP contribution < -0.4 is 10.5 Å². The highest BCUT2D eigenvalue weighted by Gasteiger charge is 2.23. The van der Waals surface area contributed by atoms with E-state index in [0.29, 0.717) is 18.5 Å². The van der Waals surface area contributed by atoms with Crippen LogP contribution in [0, 0.1) is 20.8 Å². The number of nitrogens with zero attached hydrogens (tertiary/aromatic N) is 4. The maximum absolute atomic E-state index is 12.8. The van der Waals surface area contributed by atoms with Crippen molar-refractivity contribution >= 4 is 33.1 Å². The lowest BCUT2D eigenvalue weighted by atomic mass is 10.1. The van der Waals surface area contributed by atoms with E-state index in [1.807, 2.05) is 30.9 Å². The van der Waals surface area contributed by atoms with Crippen LogP contribution in [0.15, 0.2) is 35.4 Å². The number of anilines is 1. The summed E-state index contributed by atoms with van der Waals surface area (Å²) in [5, 5.41) is 0.641. The number of carbonyl (C=O) groups excluding carboxylic acids is 1. The van der Waals surface area contributed by atoms with Gasteiger partial charge in [0.25, 0.3) is 5.56 Å². The number of hydrogen-bond donors (Lipinski definition) is 0. The average Bonchev–Trinajstić information content (AvgIpc) is 2.99. The molecule has 0 atom stereocenters. The Kier molecular flexibility index (Phi) is 4.93. The summed E-state index contributed by atoms with van der Waals surface area (Å²) in [5.74, 6) is -0.0303. The summed E-state index contributed by atoms with van der Waals surface area (Å²) >= 11 is 1.52. The van der Waals surface area contributed by atoms with E-state index in [0.717, 1.165) is 28.4 Å². The molecule has 1 saturated heterocycles. The molecule has 28 heavy (non-hydrogen) atoms. The number of amides is 1. The molecule has 7 heteroatoms. The Morgan fingerprint density at radius 2 is 1.82 bits per heavy atom. The SMILES string of the molecule is Cc1ccccc1N1CCN(C(=O)Cn2cnc3sc(C)c(C)c3c2=O)CC1. The van der Waals surface area contributed by atoms with Crippen LogP contribution in [0.2, 0.25) is 0 Å². The molecule has 146 valence electrons. The van der Waals surface area contributed by atoms with Gasteiger partial charge >= 0.3 is 0 Å². The molecule has 2 aromatic heterocycles. The van der Waals surface area contributed by atoms with Crippen LogP contribution in [0.4, 0.5) is 5.69 Å². The van der Waals surface area contributed by atoms with Gasteiger partial charge in [0.2, 0.25) is 5.91 Å². The molecule has 6 nitrogen and oxygen atoms in total. The Balaban J connectivity index is 1.46. The van der Waals surface area contributed by atoms with Crippen molar-refractivity contribution in [3.8, 4) is 0 Å². The largest absolute Gasteiger partial charge is 0.368 e. The zero-order valence-corrected chi connectivity index (χ0v) is 17.3. The van der Waals surface area contributed by atoms with Gasteiger partial charge in [0.05, 0.1) is 11.7 Å². The van der Waals surface area contributed by atoms with E-state index in [1.54, 1.807) is 0 Å². The lowest BCUT2D eigenvalue weighted by Gasteiger charge is -2.36. The van der Waals surface area contributed by atoms with Crippen molar-refractivity contribution in [2.24, 2.45) is 0 Å². The zero-order chi connectivity index (χ0) is 19.8. The normalized spacial score (nSPS) is 14.7. The van der Waals surface area contributed by atoms with Crippen LogP contribution in [0.5, 0.6) is 0 Å². The van der Waals surface area contributed by atoms with Crippen molar-refractivity contribution in [1.29, 1.82) is 0 Å². The smallest absolute Gasteiger partial charge is 0.262 e. The molecule has 0 spiro atoms. The summed E-state index contributed by atoms with van der Waals surface area (Å²) < 4.78 is 1.44. The van der Waals surface area contributed by atoms with E-state index < -0.39 is 0 Å². The predicted molar refractivity (Wildman–Crippen MR) is 113 cm³/mol. The lowest BCUT2D eigenvalue weighted by molar-refractivity contribution is -0.132. The monoisotopic (exact) mass is 396 g/mol. The van der Waals surface area contributed by atoms with Gasteiger partial charge < -0.3 is 9.80 Å². The van der Waals surface area contributed by atoms with Crippen LogP contribution >= 0.6 is 11.3 Å². The van der Waals surface area contributed by atoms with Gasteiger partial charge in [-0.25, -0.2) is 4.98 Å². The van der Waals surface area contributed by atoms with Crippen molar-refractivity contribution in [2.75, 3.05) is 31.1 Å². The first-order valence-electron chi connectivity index (χ1n) is 9.49. The summed E-state index contributed by atoms with van der Waals surface area (Å²) in [4.78, 5) is 36.0. The Bertz CT molecular complexity index is 1090. The molecule has 3 aromatic rings. The van der Waals surface area contributed by atoms with E-state index in [-0.39, 0.29) is 18.0 Å². The second-order valence-corrected chi connectivity index (χ2v) is 8.50. The number of hydrogen-bond acceptors (Lipinski definition) is 5. The van der Waals surface area contributed by atoms with E-state index in [9.17, 15) is 9.59 Å². The summed E-state index contributed by atoms with van der Waals surface area (Å²) in [5.41, 5.74) is 3.31. The number of aryl methyl sites for hydroxylation is 3. The van der Waals surface area contributed by atoms with Crippen LogP contribution in [-0.2, 0) is 11.3 Å². The summed E-state index contributed by atoms with van der Waals surface area (Å²) in [6.45, 7) is 9.00. The van der Waals surface area contributed by atoms with Crippen LogP contribution in [-0.4, -0.2) is 46.5 Å². The Morgan fingerprint density at radius 1 is 1.11 bits per heavy atom. The number of aromatic nitrogens is 2. The second kappa shape index (κ2) is 7.39. The van der Waals surface area contributed by atoms with Crippen molar-refractivity contribution in [1.82, 2.24) is 14.5 Å². The first-order valence-corrected chi connectivity index (χ1v) is 10.3. The van der Waals surface area contributed by atoms with Gasteiger partial charge in [0.1, 0.15) is 11.4 Å². The number of para-hydroxylation sites is 1. The molecule has 0 unspecified atom stereocenters. The third kappa shape index (κ3) is 3.30. The van der Waals surface area contributed by atoms with Crippen LogP contribution in [0.25, 0.3) is 10.2 Å². The van der Waals surface area contributed by atoms with Gasteiger partial charge in [0, 0.05) is 36.7 Å². The van der Waals surface area contributed by atoms with Crippen LogP contribution in [0.1, 0.15) is 16.0 Å². The average molecular weight is 397 g/mol. The van der Waals surface area contributed by atoms with Gasteiger partial charge in [-0.15, -0.1) is 11.3 Å². The summed E-state index contributed by atoms with van der Waals surface area (Å²) in [6.07, 6.45) is 1.50. The number of piperazine rings is 1. The molecular weight excluding hydrogens is 372 g/mol. The maximum atomic E-state index is 12.8. The zero-order valence-electron chi connectivity index (χ0n) is 16.4. The topological polar surface area (TPSA) is 58.4 Å². The number of carbonyl (C=O) groups is 1. The quantitative estimate of drug-likeness (QED) is 0.683. The minimum Gasteiger partial charge on any atom is -0.368 e. The molecule has 1 aliphatic heterocycles. The van der Waals surface area contributed by atoms with Gasteiger partial charge in [0.15, 0.2) is 0 Å². The fraction of sp³-hybridized carbons (Fsp3) is 0.381. The van der Waals surface area contributed by atoms with Crippen LogP contribution in [0.3, 0.4) is 0 Å². The molecular formula is C21H24N4O2S. The summed E-state index contributed by atoms with van der Waals surface area (Å²) in [7, 11) is 0. The van der Waals surface area contributed by atoms with Crippen molar-refractivity contribution < 1.29 is 4.79 Å². The second-order valence-electron chi connectivity index (χ2n) is 7.30. The first kappa shape index (κ1) is 18.7. The number of fused-ring (bicyclic) bond motifs is 1. The molecule has 4 rings (SSSR count). The molecule has 0 N–H and O–H groups in total. The predicted octanol–water partition coefficient (Wildman–Crippen LogP) is 2.73. The summed E-state index contributed by atoms with van der Waals surface area (Å²) in [6, 6.07) is 8.32. The molecule has 0 aliphatic carbocycles. The Hall–Kier alpha value is -2.67. The molecule has 0 radical (unpaired) electrons. The fourth-order valence-corrected chi connectivity index (χ4v) is 4.73. The number of thiophene rings is 1. The highest BCUT2D eigenvalue weighted by atomic mass is 32.1. The molecule has 1 amide bonds. The Labute approximate surface area is 168 Å². The Morgan fingerprint density at radius 3 is 2.54 bits per heavy atom. The highest BCUT2D eigenvalue weighted by Crippen LogP contribution is 2.25. The molecule has 3 heterocycles. The van der Waals surface area contributed by atoms with Gasteiger partial charge in [-0.1, -0.05) is 18.2 Å². The fourth-order valence-electron chi connectivity index (χ4n) is 3.74. The van der Waals surface area contributed by atoms with Crippen molar-refractivity contribution in [3.63, 3.8) is 0 Å². The molecule has 1 aliphatic rings. The van der Waals surface area contributed by atoms with E-state index in [4.69, 9.17) is 0 Å². The third-order valence-corrected chi connectivity index (χ3v) is 6.67. The van der Waals surface area contributed by atoms with Gasteiger partial charge in [-0.05, 0) is 38.0 Å². The lowest BCUT2D eigenvalue weighted by Crippen LogP contribution is -2.50. The minimum atomic E-state index is -0.126. The number of rotatable bonds is 3. The van der Waals surface area contributed by atoms with Crippen molar-refractivity contribution in [3.05, 3.63) is 57.0 Å². The van der Waals surface area contributed by atoms with Crippen molar-refractivity contribution in [2.45, 2.75) is 27.3 Å². The van der Waals surface area contributed by atoms with Gasteiger partial charge in [-0.3, -0.25) is 14.2 Å². The van der Waals surface area contributed by atoms with Gasteiger partial charge in [-0.2, -0.15) is 0 Å². The minimum absolute atomic E-state index is 0.0303. The molecule has 1 fully saturated rings.